The van der Waals surface area contributed by atoms with Crippen molar-refractivity contribution < 1.29 is 4.79 Å². The predicted octanol–water partition coefficient (Wildman–Crippen LogP) is 1.77. The van der Waals surface area contributed by atoms with E-state index in [4.69, 9.17) is 0 Å². The highest BCUT2D eigenvalue weighted by Crippen LogP contribution is 2.26. The highest BCUT2D eigenvalue weighted by Gasteiger charge is 2.26. The first kappa shape index (κ1) is 13.0. The molecule has 0 aromatic carbocycles. The topological polar surface area (TPSA) is 23.6 Å². The molecule has 1 saturated heterocycles. The number of ketones is 1. The Labute approximate surface area is 105 Å². The van der Waals surface area contributed by atoms with Gasteiger partial charge in [-0.25, -0.2) is 0 Å². The number of rotatable bonds is 4. The molecule has 0 amide bonds. The van der Waals surface area contributed by atoms with Crippen molar-refractivity contribution in [1.82, 2.24) is 9.80 Å². The van der Waals surface area contributed by atoms with Crippen LogP contribution in [0.3, 0.4) is 0 Å². The number of piperidine rings is 1. The Morgan fingerprint density at radius 2 is 1.76 bits per heavy atom. The third-order valence-corrected chi connectivity index (χ3v) is 4.53. The number of Topliss-reactive ketones (excluding diaryl/α,β-unsaturated/α-hetero) is 1. The van der Waals surface area contributed by atoms with Crippen LogP contribution in [0.25, 0.3) is 0 Å². The smallest absolute Gasteiger partial charge is 0.149 e. The Hall–Kier alpha value is -0.410. The van der Waals surface area contributed by atoms with Crippen molar-refractivity contribution in [3.8, 4) is 0 Å². The Balaban J connectivity index is 1.76. The lowest BCUT2D eigenvalue weighted by Gasteiger charge is -2.35. The summed E-state index contributed by atoms with van der Waals surface area (Å²) in [5.74, 6) is 0.868. The molecule has 2 aliphatic rings. The molecule has 17 heavy (non-hydrogen) atoms. The summed E-state index contributed by atoms with van der Waals surface area (Å²) in [5, 5.41) is 0. The van der Waals surface area contributed by atoms with E-state index in [-0.39, 0.29) is 0 Å². The Bertz CT molecular complexity index is 253. The third kappa shape index (κ3) is 3.52. The van der Waals surface area contributed by atoms with Gasteiger partial charge in [-0.1, -0.05) is 12.8 Å². The second kappa shape index (κ2) is 5.96. The highest BCUT2D eigenvalue weighted by molar-refractivity contribution is 5.83. The van der Waals surface area contributed by atoms with Gasteiger partial charge in [0.1, 0.15) is 5.78 Å². The highest BCUT2D eigenvalue weighted by atomic mass is 16.1. The van der Waals surface area contributed by atoms with Gasteiger partial charge in [-0.3, -0.25) is 9.69 Å². The first-order valence-corrected chi connectivity index (χ1v) is 7.08. The van der Waals surface area contributed by atoms with Gasteiger partial charge in [-0.15, -0.1) is 0 Å². The molecular weight excluding hydrogens is 212 g/mol. The van der Waals surface area contributed by atoms with Crippen molar-refractivity contribution in [1.29, 1.82) is 0 Å². The molecule has 98 valence electrons. The summed E-state index contributed by atoms with van der Waals surface area (Å²) in [4.78, 5) is 16.8. The predicted molar refractivity (Wildman–Crippen MR) is 70.1 cm³/mol. The molecule has 3 heteroatoms. The fourth-order valence-corrected chi connectivity index (χ4v) is 3.19. The van der Waals surface area contributed by atoms with Gasteiger partial charge in [0.15, 0.2) is 0 Å². The van der Waals surface area contributed by atoms with E-state index in [2.05, 4.69) is 23.9 Å². The summed E-state index contributed by atoms with van der Waals surface area (Å²) in [6.07, 6.45) is 7.22. The molecule has 0 radical (unpaired) electrons. The molecular formula is C14H26N2O. The first-order chi connectivity index (χ1) is 8.16. The number of carbonyl (C=O) groups is 1. The van der Waals surface area contributed by atoms with E-state index in [1.807, 2.05) is 0 Å². The molecule has 0 spiro atoms. The van der Waals surface area contributed by atoms with Gasteiger partial charge in [0.05, 0.1) is 6.54 Å². The van der Waals surface area contributed by atoms with Crippen LogP contribution in [0.15, 0.2) is 0 Å². The Morgan fingerprint density at radius 1 is 1.18 bits per heavy atom. The normalized spacial score (nSPS) is 24.6. The SMILES string of the molecule is CN1CCC(N(C)CC(=O)C2CCCC2)CC1. The van der Waals surface area contributed by atoms with Crippen molar-refractivity contribution >= 4 is 5.78 Å². The second-order valence-electron chi connectivity index (χ2n) is 5.90. The number of likely N-dealkylation sites (tertiary alicyclic amines) is 1. The molecule has 2 fully saturated rings. The minimum absolute atomic E-state index is 0.378. The van der Waals surface area contributed by atoms with E-state index in [0.29, 0.717) is 24.3 Å². The minimum atomic E-state index is 0.378. The van der Waals surface area contributed by atoms with Crippen molar-refractivity contribution in [2.45, 2.75) is 44.6 Å². The molecule has 0 N–H and O–H groups in total. The van der Waals surface area contributed by atoms with Crippen LogP contribution in [-0.4, -0.2) is 55.4 Å². The van der Waals surface area contributed by atoms with Crippen LogP contribution >= 0.6 is 0 Å². The zero-order valence-electron chi connectivity index (χ0n) is 11.3. The summed E-state index contributed by atoms with van der Waals surface area (Å²) in [6.45, 7) is 3.03. The number of nitrogens with zero attached hydrogens (tertiary/aromatic N) is 2. The summed E-state index contributed by atoms with van der Waals surface area (Å²) in [6, 6.07) is 0.622. The van der Waals surface area contributed by atoms with Crippen molar-refractivity contribution in [3.63, 3.8) is 0 Å². The largest absolute Gasteiger partial charge is 0.306 e. The van der Waals surface area contributed by atoms with Gasteiger partial charge in [0.25, 0.3) is 0 Å². The molecule has 1 aliphatic heterocycles. The number of hydrogen-bond donors (Lipinski definition) is 0. The third-order valence-electron chi connectivity index (χ3n) is 4.53. The zero-order chi connectivity index (χ0) is 12.3. The first-order valence-electron chi connectivity index (χ1n) is 7.08. The maximum Gasteiger partial charge on any atom is 0.149 e. The summed E-state index contributed by atoms with van der Waals surface area (Å²) in [5.41, 5.74) is 0. The van der Waals surface area contributed by atoms with Crippen molar-refractivity contribution in [2.24, 2.45) is 5.92 Å². The van der Waals surface area contributed by atoms with Crippen LogP contribution in [0.1, 0.15) is 38.5 Å². The van der Waals surface area contributed by atoms with Crippen LogP contribution in [0.2, 0.25) is 0 Å². The zero-order valence-corrected chi connectivity index (χ0v) is 11.3. The Kier molecular flexibility index (Phi) is 4.57. The molecule has 0 aromatic heterocycles. The van der Waals surface area contributed by atoms with Gasteiger partial charge >= 0.3 is 0 Å². The quantitative estimate of drug-likeness (QED) is 0.746. The van der Waals surface area contributed by atoms with Gasteiger partial charge in [0, 0.05) is 12.0 Å². The van der Waals surface area contributed by atoms with Crippen LogP contribution in [0, 0.1) is 5.92 Å². The molecule has 0 aromatic rings. The fraction of sp³-hybridized carbons (Fsp3) is 0.929. The average Bonchev–Trinajstić information content (AvgIpc) is 2.83. The van der Waals surface area contributed by atoms with E-state index in [0.717, 1.165) is 12.8 Å². The van der Waals surface area contributed by atoms with E-state index in [1.54, 1.807) is 0 Å². The van der Waals surface area contributed by atoms with E-state index >= 15 is 0 Å². The van der Waals surface area contributed by atoms with Crippen LogP contribution in [0.5, 0.6) is 0 Å². The number of hydrogen-bond acceptors (Lipinski definition) is 3. The summed E-state index contributed by atoms with van der Waals surface area (Å²) < 4.78 is 0. The summed E-state index contributed by atoms with van der Waals surface area (Å²) in [7, 11) is 4.31. The molecule has 3 nitrogen and oxygen atoms in total. The van der Waals surface area contributed by atoms with Crippen molar-refractivity contribution in [2.75, 3.05) is 33.7 Å². The lowest BCUT2D eigenvalue weighted by atomic mass is 10.00. The lowest BCUT2D eigenvalue weighted by molar-refractivity contribution is -0.124. The molecule has 1 saturated carbocycles. The molecule has 1 aliphatic carbocycles. The maximum atomic E-state index is 12.1. The van der Waals surface area contributed by atoms with E-state index in [1.165, 1.54) is 38.8 Å². The van der Waals surface area contributed by atoms with Crippen LogP contribution in [-0.2, 0) is 4.79 Å². The minimum Gasteiger partial charge on any atom is -0.306 e. The molecule has 2 rings (SSSR count). The number of carbonyl (C=O) groups excluding carboxylic acids is 1. The molecule has 1 heterocycles. The Morgan fingerprint density at radius 3 is 2.35 bits per heavy atom. The van der Waals surface area contributed by atoms with Crippen molar-refractivity contribution in [3.05, 3.63) is 0 Å². The lowest BCUT2D eigenvalue weighted by Crippen LogP contribution is -2.44. The van der Waals surface area contributed by atoms with Gasteiger partial charge in [-0.2, -0.15) is 0 Å². The molecule has 0 bridgehead atoms. The molecule has 0 unspecified atom stereocenters. The van der Waals surface area contributed by atoms with E-state index < -0.39 is 0 Å². The van der Waals surface area contributed by atoms with Gasteiger partial charge in [-0.05, 0) is 52.9 Å². The van der Waals surface area contributed by atoms with Crippen LogP contribution < -0.4 is 0 Å². The molecule has 0 atom stereocenters. The van der Waals surface area contributed by atoms with Crippen LogP contribution in [0.4, 0.5) is 0 Å². The maximum absolute atomic E-state index is 12.1. The second-order valence-corrected chi connectivity index (χ2v) is 5.90. The van der Waals surface area contributed by atoms with Gasteiger partial charge < -0.3 is 4.90 Å². The fourth-order valence-electron chi connectivity index (χ4n) is 3.19. The summed E-state index contributed by atoms with van der Waals surface area (Å²) >= 11 is 0. The van der Waals surface area contributed by atoms with E-state index in [9.17, 15) is 4.79 Å². The standard InChI is InChI=1S/C14H26N2O/c1-15-9-7-13(8-10-15)16(2)11-14(17)12-5-3-4-6-12/h12-13H,3-11H2,1-2H3. The average molecular weight is 238 g/mol. The number of likely N-dealkylation sites (N-methyl/N-ethyl adjacent to an activating group) is 1. The van der Waals surface area contributed by atoms with Gasteiger partial charge in [0.2, 0.25) is 0 Å². The monoisotopic (exact) mass is 238 g/mol.